The molecule has 0 aliphatic rings. The van der Waals surface area contributed by atoms with Crippen molar-refractivity contribution < 1.29 is 0 Å². The standard InChI is InChI=1S/C26H42S2/c1-7-9-11-13-15-21-17-23(19(3)4)27-25(21)26-22(16-14-12-10-8-2)18-24(28-26)20(5)6/h17-20H,7-16H2,1-6H3. The van der Waals surface area contributed by atoms with Crippen molar-refractivity contribution in [3.63, 3.8) is 0 Å². The SMILES string of the molecule is CCCCCCc1cc(C(C)C)sc1-c1sc(C(C)C)cc1CCCCCC. The van der Waals surface area contributed by atoms with Gasteiger partial charge in [-0.25, -0.2) is 0 Å². The van der Waals surface area contributed by atoms with Gasteiger partial charge in [0.2, 0.25) is 0 Å². The van der Waals surface area contributed by atoms with Crippen molar-refractivity contribution in [3.8, 4) is 9.75 Å². The molecule has 0 amide bonds. The van der Waals surface area contributed by atoms with Gasteiger partial charge in [-0.1, -0.05) is 80.1 Å². The van der Waals surface area contributed by atoms with E-state index in [4.69, 9.17) is 0 Å². The van der Waals surface area contributed by atoms with E-state index in [1.54, 1.807) is 30.6 Å². The van der Waals surface area contributed by atoms with Crippen LogP contribution in [-0.2, 0) is 12.8 Å². The third-order valence-electron chi connectivity index (χ3n) is 5.60. The topological polar surface area (TPSA) is 0 Å². The second-order valence-corrected chi connectivity index (χ2v) is 11.1. The quantitative estimate of drug-likeness (QED) is 0.284. The summed E-state index contributed by atoms with van der Waals surface area (Å²) in [6, 6.07) is 5.07. The van der Waals surface area contributed by atoms with Gasteiger partial charge in [-0.15, -0.1) is 22.7 Å². The average molecular weight is 419 g/mol. The number of hydrogen-bond donors (Lipinski definition) is 0. The molecule has 0 aliphatic heterocycles. The minimum Gasteiger partial charge on any atom is -0.139 e. The van der Waals surface area contributed by atoms with Gasteiger partial charge in [0.25, 0.3) is 0 Å². The normalized spacial score (nSPS) is 11.9. The van der Waals surface area contributed by atoms with E-state index in [1.165, 1.54) is 64.2 Å². The number of thiophene rings is 2. The first kappa shape index (κ1) is 23.7. The van der Waals surface area contributed by atoms with Crippen LogP contribution in [0.1, 0.15) is 126 Å². The summed E-state index contributed by atoms with van der Waals surface area (Å²) in [5.41, 5.74) is 3.24. The van der Waals surface area contributed by atoms with Gasteiger partial charge in [0.1, 0.15) is 0 Å². The zero-order valence-corrected chi connectivity index (χ0v) is 20.8. The van der Waals surface area contributed by atoms with Crippen LogP contribution in [0.5, 0.6) is 0 Å². The lowest BCUT2D eigenvalue weighted by Gasteiger charge is -2.06. The highest BCUT2D eigenvalue weighted by molar-refractivity contribution is 7.22. The summed E-state index contributed by atoms with van der Waals surface area (Å²) in [7, 11) is 0. The van der Waals surface area contributed by atoms with E-state index in [2.05, 4.69) is 76.3 Å². The van der Waals surface area contributed by atoms with Gasteiger partial charge in [-0.3, -0.25) is 0 Å². The molecule has 0 aromatic carbocycles. The fourth-order valence-electron chi connectivity index (χ4n) is 3.71. The molecular weight excluding hydrogens is 376 g/mol. The maximum absolute atomic E-state index is 2.53. The van der Waals surface area contributed by atoms with Crippen molar-refractivity contribution in [1.82, 2.24) is 0 Å². The van der Waals surface area contributed by atoms with Gasteiger partial charge >= 0.3 is 0 Å². The van der Waals surface area contributed by atoms with Crippen LogP contribution in [-0.4, -0.2) is 0 Å². The van der Waals surface area contributed by atoms with Gasteiger partial charge in [0, 0.05) is 19.5 Å². The first-order chi connectivity index (χ1) is 13.5. The van der Waals surface area contributed by atoms with E-state index >= 15 is 0 Å². The van der Waals surface area contributed by atoms with Crippen LogP contribution in [0.2, 0.25) is 0 Å². The zero-order valence-electron chi connectivity index (χ0n) is 19.2. The van der Waals surface area contributed by atoms with Crippen molar-refractivity contribution in [2.75, 3.05) is 0 Å². The Balaban J connectivity index is 2.31. The van der Waals surface area contributed by atoms with E-state index in [-0.39, 0.29) is 0 Å². The summed E-state index contributed by atoms with van der Waals surface area (Å²) in [5, 5.41) is 0. The number of aryl methyl sites for hydroxylation is 2. The van der Waals surface area contributed by atoms with Gasteiger partial charge in [0.05, 0.1) is 0 Å². The van der Waals surface area contributed by atoms with E-state index in [1.807, 2.05) is 0 Å². The first-order valence-corrected chi connectivity index (χ1v) is 13.4. The number of unbranched alkanes of at least 4 members (excludes halogenated alkanes) is 6. The molecule has 0 nitrogen and oxygen atoms in total. The molecule has 0 radical (unpaired) electrons. The van der Waals surface area contributed by atoms with Crippen molar-refractivity contribution >= 4 is 22.7 Å². The van der Waals surface area contributed by atoms with Crippen LogP contribution in [0.4, 0.5) is 0 Å². The minimum absolute atomic E-state index is 0.630. The summed E-state index contributed by atoms with van der Waals surface area (Å²) in [5.74, 6) is 1.26. The van der Waals surface area contributed by atoms with Gasteiger partial charge in [0.15, 0.2) is 0 Å². The van der Waals surface area contributed by atoms with Gasteiger partial charge in [-0.05, 0) is 60.8 Å². The van der Waals surface area contributed by atoms with Crippen LogP contribution in [0.15, 0.2) is 12.1 Å². The lowest BCUT2D eigenvalue weighted by molar-refractivity contribution is 0.666. The third kappa shape index (κ3) is 6.73. The van der Waals surface area contributed by atoms with Crippen molar-refractivity contribution in [3.05, 3.63) is 33.0 Å². The Morgan fingerprint density at radius 3 is 1.32 bits per heavy atom. The fourth-order valence-corrected chi connectivity index (χ4v) is 6.34. The Labute approximate surface area is 182 Å². The summed E-state index contributed by atoms with van der Waals surface area (Å²) >= 11 is 4.16. The van der Waals surface area contributed by atoms with Gasteiger partial charge < -0.3 is 0 Å². The highest BCUT2D eigenvalue weighted by atomic mass is 32.1. The Bertz CT molecular complexity index is 627. The Hall–Kier alpha value is -0.600. The number of hydrogen-bond acceptors (Lipinski definition) is 2. The second kappa shape index (κ2) is 12.2. The molecule has 0 bridgehead atoms. The smallest absolute Gasteiger partial charge is 0.0480 e. The fraction of sp³-hybridized carbons (Fsp3) is 0.692. The average Bonchev–Trinajstić information content (AvgIpc) is 3.26. The molecule has 0 unspecified atom stereocenters. The van der Waals surface area contributed by atoms with E-state index < -0.39 is 0 Å². The van der Waals surface area contributed by atoms with E-state index in [9.17, 15) is 0 Å². The highest BCUT2D eigenvalue weighted by Crippen LogP contribution is 2.44. The largest absolute Gasteiger partial charge is 0.139 e. The predicted octanol–water partition coefficient (Wildman–Crippen LogP) is 9.97. The molecule has 2 aromatic heterocycles. The molecule has 158 valence electrons. The summed E-state index contributed by atoms with van der Waals surface area (Å²) in [6.07, 6.45) is 13.3. The van der Waals surface area contributed by atoms with Crippen LogP contribution in [0.25, 0.3) is 9.75 Å². The highest BCUT2D eigenvalue weighted by Gasteiger charge is 2.19. The molecule has 2 aromatic rings. The van der Waals surface area contributed by atoms with Crippen molar-refractivity contribution in [2.24, 2.45) is 0 Å². The molecule has 0 spiro atoms. The zero-order chi connectivity index (χ0) is 20.5. The molecule has 28 heavy (non-hydrogen) atoms. The van der Waals surface area contributed by atoms with Crippen molar-refractivity contribution in [1.29, 1.82) is 0 Å². The van der Waals surface area contributed by atoms with Crippen LogP contribution in [0, 0.1) is 0 Å². The first-order valence-electron chi connectivity index (χ1n) is 11.7. The Kier molecular flexibility index (Phi) is 10.3. The van der Waals surface area contributed by atoms with Crippen molar-refractivity contribution in [2.45, 2.75) is 118 Å². The van der Waals surface area contributed by atoms with Crippen LogP contribution in [0.3, 0.4) is 0 Å². The molecule has 0 saturated heterocycles. The maximum Gasteiger partial charge on any atom is 0.0480 e. The summed E-state index contributed by atoms with van der Waals surface area (Å²) < 4.78 is 0. The maximum atomic E-state index is 2.53. The molecule has 0 fully saturated rings. The summed E-state index contributed by atoms with van der Waals surface area (Å²) in [4.78, 5) is 6.33. The molecule has 0 aliphatic carbocycles. The molecule has 0 N–H and O–H groups in total. The minimum atomic E-state index is 0.630. The molecule has 2 heteroatoms. The monoisotopic (exact) mass is 418 g/mol. The second-order valence-electron chi connectivity index (χ2n) is 8.94. The number of rotatable bonds is 13. The predicted molar refractivity (Wildman–Crippen MR) is 132 cm³/mol. The Morgan fingerprint density at radius 2 is 1.00 bits per heavy atom. The summed E-state index contributed by atoms with van der Waals surface area (Å²) in [6.45, 7) is 14.0. The lowest BCUT2D eigenvalue weighted by atomic mass is 10.0. The van der Waals surface area contributed by atoms with Gasteiger partial charge in [-0.2, -0.15) is 0 Å². The molecule has 2 heterocycles. The Morgan fingerprint density at radius 1 is 0.607 bits per heavy atom. The lowest BCUT2D eigenvalue weighted by Crippen LogP contribution is -1.89. The molecule has 0 atom stereocenters. The third-order valence-corrected chi connectivity index (χ3v) is 8.72. The molecule has 0 saturated carbocycles. The van der Waals surface area contributed by atoms with Crippen LogP contribution < -0.4 is 0 Å². The van der Waals surface area contributed by atoms with Crippen LogP contribution >= 0.6 is 22.7 Å². The molecular formula is C26H42S2. The molecule has 2 rings (SSSR count). The van der Waals surface area contributed by atoms with E-state index in [0.29, 0.717) is 11.8 Å². The van der Waals surface area contributed by atoms with E-state index in [0.717, 1.165) is 0 Å².